The summed E-state index contributed by atoms with van der Waals surface area (Å²) in [6.07, 6.45) is 0. The minimum Gasteiger partial charge on any atom is -0.366 e. The van der Waals surface area contributed by atoms with Crippen LogP contribution < -0.4 is 16.4 Å². The molecule has 2 aromatic carbocycles. The zero-order chi connectivity index (χ0) is 15.2. The second kappa shape index (κ2) is 6.56. The number of aryl methyl sites for hydroxylation is 1. The maximum Gasteiger partial charge on any atom is 0.319 e. The molecule has 0 saturated heterocycles. The minimum atomic E-state index is -0.479. The summed E-state index contributed by atoms with van der Waals surface area (Å²) in [5, 5.41) is 5.48. The molecule has 0 unspecified atom stereocenters. The van der Waals surface area contributed by atoms with Gasteiger partial charge in [-0.3, -0.25) is 4.79 Å². The van der Waals surface area contributed by atoms with Crippen LogP contribution in [0.5, 0.6) is 0 Å². The summed E-state index contributed by atoms with van der Waals surface area (Å²) in [4.78, 5) is 22.9. The number of nitrogens with one attached hydrogen (secondary N) is 2. The molecular formula is C16H17N3O2. The summed E-state index contributed by atoms with van der Waals surface area (Å²) < 4.78 is 0. The van der Waals surface area contributed by atoms with Crippen molar-refractivity contribution in [2.45, 2.75) is 13.5 Å². The molecule has 0 aliphatic carbocycles. The van der Waals surface area contributed by atoms with Gasteiger partial charge in [-0.05, 0) is 36.2 Å². The van der Waals surface area contributed by atoms with Crippen LogP contribution in [0.15, 0.2) is 48.5 Å². The molecule has 108 valence electrons. The van der Waals surface area contributed by atoms with Gasteiger partial charge in [-0.1, -0.05) is 30.3 Å². The number of urea groups is 1. The lowest BCUT2D eigenvalue weighted by Crippen LogP contribution is -2.28. The maximum absolute atomic E-state index is 11.8. The van der Waals surface area contributed by atoms with Crippen LogP contribution in [0.3, 0.4) is 0 Å². The highest BCUT2D eigenvalue weighted by molar-refractivity contribution is 5.95. The molecule has 5 heteroatoms. The van der Waals surface area contributed by atoms with Crippen LogP contribution in [0.4, 0.5) is 10.5 Å². The summed E-state index contributed by atoms with van der Waals surface area (Å²) in [5.41, 5.74) is 8.05. The normalized spacial score (nSPS) is 9.95. The summed E-state index contributed by atoms with van der Waals surface area (Å²) in [7, 11) is 0. The molecule has 4 N–H and O–H groups in total. The van der Waals surface area contributed by atoms with E-state index < -0.39 is 5.91 Å². The van der Waals surface area contributed by atoms with Gasteiger partial charge in [0, 0.05) is 17.8 Å². The SMILES string of the molecule is Cc1cc(NC(=O)NCc2ccccc2)ccc1C(N)=O. The number of hydrogen-bond donors (Lipinski definition) is 3. The summed E-state index contributed by atoms with van der Waals surface area (Å²) >= 11 is 0. The third kappa shape index (κ3) is 4.07. The number of amides is 3. The lowest BCUT2D eigenvalue weighted by Gasteiger charge is -2.09. The van der Waals surface area contributed by atoms with Gasteiger partial charge in [-0.25, -0.2) is 4.79 Å². The van der Waals surface area contributed by atoms with Crippen LogP contribution in [0.2, 0.25) is 0 Å². The van der Waals surface area contributed by atoms with Crippen LogP contribution >= 0.6 is 0 Å². The van der Waals surface area contributed by atoms with E-state index in [9.17, 15) is 9.59 Å². The van der Waals surface area contributed by atoms with Crippen molar-refractivity contribution in [2.24, 2.45) is 5.73 Å². The van der Waals surface area contributed by atoms with E-state index in [2.05, 4.69) is 10.6 Å². The van der Waals surface area contributed by atoms with Gasteiger partial charge in [-0.15, -0.1) is 0 Å². The molecule has 5 nitrogen and oxygen atoms in total. The van der Waals surface area contributed by atoms with E-state index in [1.165, 1.54) is 0 Å². The van der Waals surface area contributed by atoms with Crippen LogP contribution in [-0.4, -0.2) is 11.9 Å². The van der Waals surface area contributed by atoms with Crippen molar-refractivity contribution in [3.05, 3.63) is 65.2 Å². The third-order valence-corrected chi connectivity index (χ3v) is 3.05. The van der Waals surface area contributed by atoms with E-state index in [-0.39, 0.29) is 6.03 Å². The first-order valence-corrected chi connectivity index (χ1v) is 6.55. The van der Waals surface area contributed by atoms with E-state index in [0.29, 0.717) is 17.8 Å². The molecule has 0 radical (unpaired) electrons. The number of carbonyl (C=O) groups excluding carboxylic acids is 2. The van der Waals surface area contributed by atoms with Crippen molar-refractivity contribution in [1.82, 2.24) is 5.32 Å². The van der Waals surface area contributed by atoms with Crippen molar-refractivity contribution < 1.29 is 9.59 Å². The number of anilines is 1. The Hall–Kier alpha value is -2.82. The molecule has 0 saturated carbocycles. The number of benzene rings is 2. The molecule has 0 aliphatic heterocycles. The minimum absolute atomic E-state index is 0.301. The van der Waals surface area contributed by atoms with Gasteiger partial charge in [0.05, 0.1) is 0 Å². The summed E-state index contributed by atoms with van der Waals surface area (Å²) in [5.74, 6) is -0.479. The molecule has 0 bridgehead atoms. The summed E-state index contributed by atoms with van der Waals surface area (Å²) in [6.45, 7) is 2.22. The Morgan fingerprint density at radius 1 is 1.10 bits per heavy atom. The van der Waals surface area contributed by atoms with E-state index in [1.54, 1.807) is 25.1 Å². The van der Waals surface area contributed by atoms with Crippen molar-refractivity contribution in [2.75, 3.05) is 5.32 Å². The van der Waals surface area contributed by atoms with Gasteiger partial charge in [-0.2, -0.15) is 0 Å². The first-order chi connectivity index (χ1) is 10.1. The molecule has 2 rings (SSSR count). The Balaban J connectivity index is 1.94. The average molecular weight is 283 g/mol. The van der Waals surface area contributed by atoms with Crippen molar-refractivity contribution in [1.29, 1.82) is 0 Å². The maximum atomic E-state index is 11.8. The fourth-order valence-corrected chi connectivity index (χ4v) is 1.97. The van der Waals surface area contributed by atoms with Gasteiger partial charge in [0.15, 0.2) is 0 Å². The molecule has 0 heterocycles. The van der Waals surface area contributed by atoms with E-state index in [1.807, 2.05) is 30.3 Å². The molecule has 0 fully saturated rings. The molecule has 3 amide bonds. The molecule has 0 aliphatic rings. The first kappa shape index (κ1) is 14.6. The highest BCUT2D eigenvalue weighted by Gasteiger charge is 2.07. The zero-order valence-electron chi connectivity index (χ0n) is 11.7. The van der Waals surface area contributed by atoms with Crippen LogP contribution in [0, 0.1) is 6.92 Å². The average Bonchev–Trinajstić information content (AvgIpc) is 2.46. The predicted molar refractivity (Wildman–Crippen MR) is 82.0 cm³/mol. The Morgan fingerprint density at radius 2 is 1.81 bits per heavy atom. The van der Waals surface area contributed by atoms with Crippen molar-refractivity contribution >= 4 is 17.6 Å². The first-order valence-electron chi connectivity index (χ1n) is 6.55. The Morgan fingerprint density at radius 3 is 2.43 bits per heavy atom. The number of carbonyl (C=O) groups is 2. The molecule has 2 aromatic rings. The van der Waals surface area contributed by atoms with Gasteiger partial charge in [0.2, 0.25) is 5.91 Å². The smallest absolute Gasteiger partial charge is 0.319 e. The molecule has 0 aromatic heterocycles. The van der Waals surface area contributed by atoms with Crippen LogP contribution in [-0.2, 0) is 6.54 Å². The second-order valence-corrected chi connectivity index (χ2v) is 4.69. The molecule has 0 atom stereocenters. The Bertz CT molecular complexity index is 654. The fraction of sp³-hybridized carbons (Fsp3) is 0.125. The van der Waals surface area contributed by atoms with Gasteiger partial charge in [0.1, 0.15) is 0 Å². The number of primary amides is 1. The van der Waals surface area contributed by atoms with Gasteiger partial charge < -0.3 is 16.4 Å². The lowest BCUT2D eigenvalue weighted by atomic mass is 10.1. The largest absolute Gasteiger partial charge is 0.366 e. The van der Waals surface area contributed by atoms with Gasteiger partial charge >= 0.3 is 6.03 Å². The predicted octanol–water partition coefficient (Wildman–Crippen LogP) is 2.42. The van der Waals surface area contributed by atoms with E-state index in [4.69, 9.17) is 5.73 Å². The monoisotopic (exact) mass is 283 g/mol. The van der Waals surface area contributed by atoms with Gasteiger partial charge in [0.25, 0.3) is 0 Å². The molecule has 21 heavy (non-hydrogen) atoms. The zero-order valence-corrected chi connectivity index (χ0v) is 11.7. The van der Waals surface area contributed by atoms with Crippen molar-refractivity contribution in [3.63, 3.8) is 0 Å². The quantitative estimate of drug-likeness (QED) is 0.805. The lowest BCUT2D eigenvalue weighted by molar-refractivity contribution is 0.0999. The van der Waals surface area contributed by atoms with Crippen molar-refractivity contribution in [3.8, 4) is 0 Å². The third-order valence-electron chi connectivity index (χ3n) is 3.05. The number of hydrogen-bond acceptors (Lipinski definition) is 2. The summed E-state index contributed by atoms with van der Waals surface area (Å²) in [6, 6.07) is 14.3. The van der Waals surface area contributed by atoms with Crippen LogP contribution in [0.25, 0.3) is 0 Å². The number of rotatable bonds is 4. The second-order valence-electron chi connectivity index (χ2n) is 4.69. The van der Waals surface area contributed by atoms with E-state index in [0.717, 1.165) is 11.1 Å². The number of nitrogens with two attached hydrogens (primary N) is 1. The van der Waals surface area contributed by atoms with Crippen LogP contribution in [0.1, 0.15) is 21.5 Å². The highest BCUT2D eigenvalue weighted by Crippen LogP contribution is 2.14. The standard InChI is InChI=1S/C16H17N3O2/c1-11-9-13(7-8-14(11)15(17)20)19-16(21)18-10-12-5-3-2-4-6-12/h2-9H,10H2,1H3,(H2,17,20)(H2,18,19,21). The fourth-order valence-electron chi connectivity index (χ4n) is 1.97. The van der Waals surface area contributed by atoms with E-state index >= 15 is 0 Å². The highest BCUT2D eigenvalue weighted by atomic mass is 16.2. The molecule has 0 spiro atoms. The topological polar surface area (TPSA) is 84.2 Å². The molecular weight excluding hydrogens is 266 g/mol. The Labute approximate surface area is 123 Å². The Kier molecular flexibility index (Phi) is 4.56.